The maximum Gasteiger partial charge on any atom is -0.0184 e. The molecule has 0 heteroatoms. The van der Waals surface area contributed by atoms with Gasteiger partial charge in [-0.2, -0.15) is 0 Å². The SMILES string of the molecule is C1=Cc2ccccc2/C=C\c2ccccc21. The van der Waals surface area contributed by atoms with Crippen LogP contribution in [-0.4, -0.2) is 0 Å². The molecule has 0 atom stereocenters. The van der Waals surface area contributed by atoms with Gasteiger partial charge in [0.1, 0.15) is 0 Å². The molecule has 0 bridgehead atoms. The maximum atomic E-state index is 2.18. The zero-order valence-electron chi connectivity index (χ0n) is 8.93. The second-order valence-corrected chi connectivity index (χ2v) is 3.92. The average Bonchev–Trinajstić information content (AvgIpc) is 2.32. The quantitative estimate of drug-likeness (QED) is 0.511. The summed E-state index contributed by atoms with van der Waals surface area (Å²) in [5.74, 6) is 0. The molecule has 0 aliphatic heterocycles. The summed E-state index contributed by atoms with van der Waals surface area (Å²) in [5, 5.41) is 0. The van der Waals surface area contributed by atoms with Gasteiger partial charge in [-0.15, -0.1) is 0 Å². The fourth-order valence-corrected chi connectivity index (χ4v) is 1.99. The molecule has 1 aliphatic carbocycles. The number of fused-ring (bicyclic) bond motifs is 2. The van der Waals surface area contributed by atoms with Crippen LogP contribution in [0.1, 0.15) is 22.3 Å². The van der Waals surface area contributed by atoms with Crippen LogP contribution in [0.5, 0.6) is 0 Å². The topological polar surface area (TPSA) is 0 Å². The molecular weight excluding hydrogens is 192 g/mol. The molecule has 0 radical (unpaired) electrons. The van der Waals surface area contributed by atoms with Gasteiger partial charge in [0.2, 0.25) is 0 Å². The van der Waals surface area contributed by atoms with Crippen LogP contribution in [0.2, 0.25) is 0 Å². The number of hydrogen-bond donors (Lipinski definition) is 0. The molecule has 0 saturated carbocycles. The lowest BCUT2D eigenvalue weighted by Gasteiger charge is -2.06. The third-order valence-corrected chi connectivity index (χ3v) is 2.88. The van der Waals surface area contributed by atoms with Crippen LogP contribution in [0.25, 0.3) is 24.3 Å². The van der Waals surface area contributed by atoms with Gasteiger partial charge in [-0.3, -0.25) is 0 Å². The first-order chi connectivity index (χ1) is 7.93. The van der Waals surface area contributed by atoms with Crippen molar-refractivity contribution in [2.24, 2.45) is 0 Å². The molecule has 0 unspecified atom stereocenters. The van der Waals surface area contributed by atoms with Crippen molar-refractivity contribution in [3.63, 3.8) is 0 Å². The van der Waals surface area contributed by atoms with Gasteiger partial charge in [0.15, 0.2) is 0 Å². The molecule has 0 aromatic heterocycles. The van der Waals surface area contributed by atoms with Crippen molar-refractivity contribution in [3.8, 4) is 0 Å². The van der Waals surface area contributed by atoms with E-state index in [1.54, 1.807) is 0 Å². The second-order valence-electron chi connectivity index (χ2n) is 3.92. The Morgan fingerprint density at radius 3 is 0.875 bits per heavy atom. The smallest absolute Gasteiger partial charge is 0.0184 e. The normalized spacial score (nSPS) is 14.5. The van der Waals surface area contributed by atoms with Crippen LogP contribution >= 0.6 is 0 Å². The Balaban J connectivity index is 2.18. The van der Waals surface area contributed by atoms with Crippen molar-refractivity contribution in [2.45, 2.75) is 0 Å². The van der Waals surface area contributed by atoms with Crippen molar-refractivity contribution in [2.75, 3.05) is 0 Å². The Bertz CT molecular complexity index is 471. The Labute approximate surface area is 95.6 Å². The summed E-state index contributed by atoms with van der Waals surface area (Å²) in [5.41, 5.74) is 5.09. The second kappa shape index (κ2) is 3.82. The zero-order valence-corrected chi connectivity index (χ0v) is 8.93. The molecule has 76 valence electrons. The van der Waals surface area contributed by atoms with Gasteiger partial charge < -0.3 is 0 Å². The fourth-order valence-electron chi connectivity index (χ4n) is 1.99. The first kappa shape index (κ1) is 9.17. The summed E-state index contributed by atoms with van der Waals surface area (Å²) in [6, 6.07) is 16.9. The van der Waals surface area contributed by atoms with E-state index >= 15 is 0 Å². The standard InChI is InChI=1S/C16H12/c1-2-6-14-11-12-16-8-4-3-7-15(16)10-9-13(14)5-1/h1-12H/b10-9-,12-11?,13-9?,14-11?,15-10?,16-12?. The summed E-state index contributed by atoms with van der Waals surface area (Å²) in [6.07, 6.45) is 8.71. The molecule has 2 aromatic carbocycles. The van der Waals surface area contributed by atoms with E-state index in [1.165, 1.54) is 22.3 Å². The summed E-state index contributed by atoms with van der Waals surface area (Å²) in [7, 11) is 0. The maximum absolute atomic E-state index is 2.18. The lowest BCUT2D eigenvalue weighted by molar-refractivity contribution is 1.58. The molecule has 0 saturated heterocycles. The van der Waals surface area contributed by atoms with E-state index < -0.39 is 0 Å². The van der Waals surface area contributed by atoms with E-state index in [-0.39, 0.29) is 0 Å². The summed E-state index contributed by atoms with van der Waals surface area (Å²) in [6.45, 7) is 0. The van der Waals surface area contributed by atoms with Gasteiger partial charge in [-0.05, 0) is 22.3 Å². The number of rotatable bonds is 0. The molecule has 0 nitrogen and oxygen atoms in total. The van der Waals surface area contributed by atoms with E-state index in [9.17, 15) is 0 Å². The third kappa shape index (κ3) is 1.59. The van der Waals surface area contributed by atoms with E-state index in [4.69, 9.17) is 0 Å². The van der Waals surface area contributed by atoms with Crippen molar-refractivity contribution in [1.82, 2.24) is 0 Å². The van der Waals surface area contributed by atoms with Crippen molar-refractivity contribution in [1.29, 1.82) is 0 Å². The minimum absolute atomic E-state index is 1.27. The van der Waals surface area contributed by atoms with Crippen molar-refractivity contribution < 1.29 is 0 Å². The minimum Gasteiger partial charge on any atom is -0.0616 e. The summed E-state index contributed by atoms with van der Waals surface area (Å²) < 4.78 is 0. The molecular formula is C16H12. The highest BCUT2D eigenvalue weighted by atomic mass is 14.0. The third-order valence-electron chi connectivity index (χ3n) is 2.88. The zero-order chi connectivity index (χ0) is 10.8. The predicted molar refractivity (Wildman–Crippen MR) is 70.7 cm³/mol. The summed E-state index contributed by atoms with van der Waals surface area (Å²) in [4.78, 5) is 0. The lowest BCUT2D eigenvalue weighted by Crippen LogP contribution is -1.85. The number of benzene rings is 2. The molecule has 0 N–H and O–H groups in total. The molecule has 0 fully saturated rings. The van der Waals surface area contributed by atoms with Gasteiger partial charge >= 0.3 is 0 Å². The van der Waals surface area contributed by atoms with Gasteiger partial charge in [0.05, 0.1) is 0 Å². The first-order valence-corrected chi connectivity index (χ1v) is 5.48. The van der Waals surface area contributed by atoms with E-state index in [2.05, 4.69) is 72.8 Å². The largest absolute Gasteiger partial charge is 0.0616 e. The van der Waals surface area contributed by atoms with Crippen molar-refractivity contribution in [3.05, 3.63) is 70.8 Å². The van der Waals surface area contributed by atoms with Crippen LogP contribution in [0.4, 0.5) is 0 Å². The van der Waals surface area contributed by atoms with Gasteiger partial charge in [0.25, 0.3) is 0 Å². The lowest BCUT2D eigenvalue weighted by atomic mass is 9.99. The van der Waals surface area contributed by atoms with Gasteiger partial charge in [-0.1, -0.05) is 72.8 Å². The van der Waals surface area contributed by atoms with E-state index in [0.717, 1.165) is 0 Å². The van der Waals surface area contributed by atoms with Crippen LogP contribution < -0.4 is 0 Å². The monoisotopic (exact) mass is 204 g/mol. The Morgan fingerprint density at radius 1 is 0.375 bits per heavy atom. The highest BCUT2D eigenvalue weighted by molar-refractivity contribution is 5.85. The van der Waals surface area contributed by atoms with Gasteiger partial charge in [0, 0.05) is 0 Å². The minimum atomic E-state index is 1.27. The Kier molecular flexibility index (Phi) is 2.19. The average molecular weight is 204 g/mol. The molecule has 0 amide bonds. The Morgan fingerprint density at radius 2 is 0.625 bits per heavy atom. The van der Waals surface area contributed by atoms with Crippen molar-refractivity contribution >= 4 is 24.3 Å². The predicted octanol–water partition coefficient (Wildman–Crippen LogP) is 4.34. The molecule has 3 rings (SSSR count). The van der Waals surface area contributed by atoms with E-state index in [0.29, 0.717) is 0 Å². The highest BCUT2D eigenvalue weighted by Crippen LogP contribution is 2.22. The molecule has 16 heavy (non-hydrogen) atoms. The van der Waals surface area contributed by atoms with E-state index in [1.807, 2.05) is 0 Å². The van der Waals surface area contributed by atoms with Crippen LogP contribution in [0, 0.1) is 0 Å². The van der Waals surface area contributed by atoms with Crippen LogP contribution in [-0.2, 0) is 0 Å². The molecule has 0 heterocycles. The summed E-state index contributed by atoms with van der Waals surface area (Å²) >= 11 is 0. The number of hydrogen-bond acceptors (Lipinski definition) is 0. The van der Waals surface area contributed by atoms with Gasteiger partial charge in [-0.25, -0.2) is 0 Å². The molecule has 0 spiro atoms. The first-order valence-electron chi connectivity index (χ1n) is 5.48. The van der Waals surface area contributed by atoms with Crippen LogP contribution in [0.3, 0.4) is 0 Å². The fraction of sp³-hybridized carbons (Fsp3) is 0. The molecule has 1 aliphatic rings. The highest BCUT2D eigenvalue weighted by Gasteiger charge is 2.00. The molecule has 2 aromatic rings. The van der Waals surface area contributed by atoms with Crippen LogP contribution in [0.15, 0.2) is 48.5 Å². The Hall–Kier alpha value is -2.08.